The molecule has 268 valence electrons. The molecule has 7 rings (SSSR count). The number of hydrogen-bond donors (Lipinski definition) is 6. The van der Waals surface area contributed by atoms with Crippen LogP contribution in [0.3, 0.4) is 0 Å². The summed E-state index contributed by atoms with van der Waals surface area (Å²) in [6, 6.07) is 4.82. The van der Waals surface area contributed by atoms with Gasteiger partial charge >= 0.3 is 18.1 Å². The molecule has 2 unspecified atom stereocenters. The zero-order valence-electron chi connectivity index (χ0n) is 27.4. The lowest BCUT2D eigenvalue weighted by Crippen LogP contribution is -2.60. The SMILES string of the molecule is C#Cc1c(F)ccc2cc(N)cc(-c3ncc4c(N5CCOCC6CC65)nc(OC(O)(O)[C@@]5(C)CN(C(O)(O)O)CCC/C5=C/F)nc4c3F)c12. The molecule has 2 aromatic heterocycles. The van der Waals surface area contributed by atoms with Crippen molar-refractivity contribution in [3.63, 3.8) is 0 Å². The van der Waals surface area contributed by atoms with Gasteiger partial charge in [0.1, 0.15) is 22.8 Å². The summed E-state index contributed by atoms with van der Waals surface area (Å²) in [5.74, 6) is -2.47. The van der Waals surface area contributed by atoms with Gasteiger partial charge in [-0.05, 0) is 55.3 Å². The molecular formula is C35H35F3N6O7. The molecule has 3 fully saturated rings. The van der Waals surface area contributed by atoms with Crippen molar-refractivity contribution in [1.82, 2.24) is 19.9 Å². The highest BCUT2D eigenvalue weighted by atomic mass is 19.1. The maximum Gasteiger partial charge on any atom is 0.345 e. The minimum Gasteiger partial charge on any atom is -0.405 e. The number of ether oxygens (including phenoxy) is 2. The Hall–Kier alpha value is -4.60. The van der Waals surface area contributed by atoms with E-state index in [0.29, 0.717) is 30.0 Å². The maximum atomic E-state index is 17.0. The van der Waals surface area contributed by atoms with Gasteiger partial charge in [0, 0.05) is 54.4 Å². The highest BCUT2D eigenvalue weighted by molar-refractivity contribution is 6.03. The monoisotopic (exact) mass is 708 g/mol. The normalized spacial score (nSPS) is 23.9. The molecule has 16 heteroatoms. The first-order chi connectivity index (χ1) is 24.2. The molecule has 2 aliphatic heterocycles. The van der Waals surface area contributed by atoms with Crippen LogP contribution in [0.5, 0.6) is 6.01 Å². The standard InChI is InChI=1S/C35H35F3N6O7/c1-3-22-25(37)7-6-18-11-21(39)13-23(27(18)22)29-28(38)30-24(15-40-29)31(44-9-10-50-16-19-12-26(19)44)42-32(41-30)51-34(45,46)33(2)17-43(35(47,48)49)8-4-5-20(33)14-36/h1,6-7,11,13-15,19,26,45-49H,4-5,8-10,12,16-17,39H2,2H3/b20-14-/t19?,26?,33-/m0/s1. The summed E-state index contributed by atoms with van der Waals surface area (Å²) in [5, 5.41) is 53.7. The summed E-state index contributed by atoms with van der Waals surface area (Å²) in [6.07, 6.45) is 4.55. The van der Waals surface area contributed by atoms with E-state index in [2.05, 4.69) is 20.9 Å². The highest BCUT2D eigenvalue weighted by Crippen LogP contribution is 2.46. The first kappa shape index (κ1) is 34.8. The van der Waals surface area contributed by atoms with E-state index >= 15 is 4.39 Å². The van der Waals surface area contributed by atoms with E-state index in [0.717, 1.165) is 6.42 Å². The Kier molecular flexibility index (Phi) is 8.58. The molecule has 13 nitrogen and oxygen atoms in total. The van der Waals surface area contributed by atoms with Crippen LogP contribution in [0, 0.1) is 35.3 Å². The van der Waals surface area contributed by atoms with E-state index in [1.54, 1.807) is 6.07 Å². The van der Waals surface area contributed by atoms with Crippen LogP contribution in [0.25, 0.3) is 32.9 Å². The molecule has 4 heterocycles. The van der Waals surface area contributed by atoms with E-state index in [4.69, 9.17) is 21.6 Å². The molecule has 0 bridgehead atoms. The second-order valence-corrected chi connectivity index (χ2v) is 13.4. The Balaban J connectivity index is 1.42. The zero-order valence-corrected chi connectivity index (χ0v) is 27.4. The predicted molar refractivity (Wildman–Crippen MR) is 178 cm³/mol. The van der Waals surface area contributed by atoms with Gasteiger partial charge in [-0.1, -0.05) is 12.0 Å². The molecule has 3 aliphatic rings. The molecular weight excluding hydrogens is 673 g/mol. The molecule has 1 aliphatic carbocycles. The third kappa shape index (κ3) is 6.00. The van der Waals surface area contributed by atoms with Crippen LogP contribution < -0.4 is 15.4 Å². The van der Waals surface area contributed by atoms with Gasteiger partial charge in [0.15, 0.2) is 5.82 Å². The highest BCUT2D eigenvalue weighted by Gasteiger charge is 2.56. The second kappa shape index (κ2) is 12.6. The van der Waals surface area contributed by atoms with Crippen molar-refractivity contribution in [2.24, 2.45) is 11.3 Å². The number of halogens is 3. The lowest BCUT2D eigenvalue weighted by Gasteiger charge is -2.43. The summed E-state index contributed by atoms with van der Waals surface area (Å²) in [7, 11) is 0. The summed E-state index contributed by atoms with van der Waals surface area (Å²) < 4.78 is 57.5. The number of nitrogens with zero attached hydrogens (tertiary/aromatic N) is 5. The molecule has 7 N–H and O–H groups in total. The van der Waals surface area contributed by atoms with Gasteiger partial charge in [0.05, 0.1) is 35.9 Å². The smallest absolute Gasteiger partial charge is 0.345 e. The average molecular weight is 709 g/mol. The van der Waals surface area contributed by atoms with Gasteiger partial charge in [0.25, 0.3) is 0 Å². The van der Waals surface area contributed by atoms with Crippen molar-refractivity contribution in [3.8, 4) is 29.6 Å². The fourth-order valence-electron chi connectivity index (χ4n) is 7.17. The average Bonchev–Trinajstić information content (AvgIpc) is 3.88. The number of pyridine rings is 1. The summed E-state index contributed by atoms with van der Waals surface area (Å²) >= 11 is 0. The number of nitrogen functional groups attached to an aromatic ring is 1. The number of rotatable bonds is 6. The molecule has 0 radical (unpaired) electrons. The number of terminal acetylenes is 1. The number of hydrogen-bond acceptors (Lipinski definition) is 13. The topological polar surface area (TPSA) is 191 Å². The first-order valence-corrected chi connectivity index (χ1v) is 16.2. The van der Waals surface area contributed by atoms with Crippen LogP contribution in [-0.4, -0.2) is 96.3 Å². The van der Waals surface area contributed by atoms with Gasteiger partial charge in [-0.3, -0.25) is 4.98 Å². The summed E-state index contributed by atoms with van der Waals surface area (Å²) in [6.45, 7) is 1.45. The number of anilines is 2. The van der Waals surface area contributed by atoms with E-state index in [-0.39, 0.29) is 87.9 Å². The lowest BCUT2D eigenvalue weighted by atomic mass is 9.78. The minimum atomic E-state index is -3.38. The Morgan fingerprint density at radius 3 is 2.67 bits per heavy atom. The summed E-state index contributed by atoms with van der Waals surface area (Å²) in [4.78, 5) is 15.7. The predicted octanol–water partition coefficient (Wildman–Crippen LogP) is 2.47. The number of fused-ring (bicyclic) bond motifs is 3. The fraction of sp³-hybridized carbons (Fsp3) is 0.400. The van der Waals surface area contributed by atoms with E-state index in [1.807, 2.05) is 4.90 Å². The van der Waals surface area contributed by atoms with E-state index < -0.39 is 41.7 Å². The maximum absolute atomic E-state index is 17.0. The first-order valence-electron chi connectivity index (χ1n) is 16.2. The largest absolute Gasteiger partial charge is 0.405 e. The van der Waals surface area contributed by atoms with E-state index in [1.165, 1.54) is 31.3 Å². The van der Waals surface area contributed by atoms with Crippen LogP contribution >= 0.6 is 0 Å². The van der Waals surface area contributed by atoms with Crippen molar-refractivity contribution in [2.45, 2.75) is 44.3 Å². The molecule has 2 saturated heterocycles. The number of nitrogens with two attached hydrogens (primary N) is 1. The quantitative estimate of drug-likeness (QED) is 0.0974. The van der Waals surface area contributed by atoms with Crippen LogP contribution in [0.1, 0.15) is 31.7 Å². The van der Waals surface area contributed by atoms with Crippen molar-refractivity contribution < 1.29 is 48.2 Å². The molecule has 2 aromatic carbocycles. The molecule has 51 heavy (non-hydrogen) atoms. The van der Waals surface area contributed by atoms with Gasteiger partial charge in [-0.25, -0.2) is 18.1 Å². The van der Waals surface area contributed by atoms with Crippen LogP contribution in [-0.2, 0) is 4.74 Å². The zero-order chi connectivity index (χ0) is 36.5. The summed E-state index contributed by atoms with van der Waals surface area (Å²) in [5.41, 5.74) is 3.32. The van der Waals surface area contributed by atoms with E-state index in [9.17, 15) is 34.3 Å². The van der Waals surface area contributed by atoms with Crippen molar-refractivity contribution in [3.05, 3.63) is 59.6 Å². The van der Waals surface area contributed by atoms with Gasteiger partial charge in [-0.2, -0.15) is 9.97 Å². The van der Waals surface area contributed by atoms with Crippen molar-refractivity contribution in [2.75, 3.05) is 43.5 Å². The number of benzene rings is 2. The van der Waals surface area contributed by atoms with Gasteiger partial charge < -0.3 is 45.6 Å². The van der Waals surface area contributed by atoms with Crippen LogP contribution in [0.4, 0.5) is 24.7 Å². The van der Waals surface area contributed by atoms with Gasteiger partial charge in [0.2, 0.25) is 0 Å². The van der Waals surface area contributed by atoms with Crippen molar-refractivity contribution in [1.29, 1.82) is 0 Å². The third-order valence-electron chi connectivity index (χ3n) is 10.1. The Labute approximate surface area is 289 Å². The number of likely N-dealkylation sites (tertiary alicyclic amines) is 1. The second-order valence-electron chi connectivity index (χ2n) is 13.4. The molecule has 0 spiro atoms. The molecule has 3 atom stereocenters. The number of aliphatic hydroxyl groups is 5. The third-order valence-corrected chi connectivity index (χ3v) is 10.1. The van der Waals surface area contributed by atoms with Crippen LogP contribution in [0.2, 0.25) is 0 Å². The molecule has 0 amide bonds. The minimum absolute atomic E-state index is 0.0472. The number of aromatic nitrogens is 3. The van der Waals surface area contributed by atoms with Gasteiger partial charge in [-0.15, -0.1) is 6.42 Å². The Morgan fingerprint density at radius 1 is 1.16 bits per heavy atom. The Morgan fingerprint density at radius 2 is 1.94 bits per heavy atom. The Bertz CT molecular complexity index is 2120. The molecule has 4 aromatic rings. The van der Waals surface area contributed by atoms with Crippen molar-refractivity contribution >= 4 is 33.2 Å². The lowest BCUT2D eigenvalue weighted by molar-refractivity contribution is -0.407. The fourth-order valence-corrected chi connectivity index (χ4v) is 7.17. The molecule has 1 saturated carbocycles. The van der Waals surface area contributed by atoms with Crippen LogP contribution in [0.15, 0.2) is 42.4 Å².